The smallest absolute Gasteiger partial charge is 0.345 e. The first-order valence-corrected chi connectivity index (χ1v) is 7.89. The zero-order valence-corrected chi connectivity index (χ0v) is 12.5. The van der Waals surface area contributed by atoms with Gasteiger partial charge in [0.2, 0.25) is 0 Å². The maximum absolute atomic E-state index is 12.1. The number of aromatic nitrogens is 2. The average molecular weight is 354 g/mol. The molecule has 2 heterocycles. The van der Waals surface area contributed by atoms with Crippen molar-refractivity contribution >= 4 is 56.2 Å². The third-order valence-electron chi connectivity index (χ3n) is 2.05. The van der Waals surface area contributed by atoms with E-state index in [1.165, 1.54) is 12.1 Å². The van der Waals surface area contributed by atoms with Gasteiger partial charge in [-0.1, -0.05) is 23.2 Å². The van der Waals surface area contributed by atoms with Crippen LogP contribution >= 0.6 is 34.5 Å². The normalized spacial score (nSPS) is 11.3. The van der Waals surface area contributed by atoms with Gasteiger partial charge in [-0.2, -0.15) is 0 Å². The van der Waals surface area contributed by atoms with Crippen LogP contribution in [-0.4, -0.2) is 29.5 Å². The SMILES string of the molecule is O=C(O)c1ccc(S(=O)(=O)Nc2c(Cl)ncnc2Cl)s1. The predicted octanol–water partition coefficient (Wildman–Crippen LogP) is 2.34. The molecule has 0 fully saturated rings. The molecule has 2 aromatic heterocycles. The molecule has 0 amide bonds. The fourth-order valence-electron chi connectivity index (χ4n) is 1.19. The Hall–Kier alpha value is -1.42. The van der Waals surface area contributed by atoms with Gasteiger partial charge in [-0.3, -0.25) is 4.72 Å². The Morgan fingerprint density at radius 3 is 2.35 bits per heavy atom. The molecule has 11 heteroatoms. The lowest BCUT2D eigenvalue weighted by molar-refractivity contribution is 0.0702. The summed E-state index contributed by atoms with van der Waals surface area (Å²) in [6, 6.07) is 2.36. The van der Waals surface area contributed by atoms with E-state index >= 15 is 0 Å². The molecule has 0 spiro atoms. The standard InChI is InChI=1S/C9H5Cl2N3O4S2/c10-7-6(8(11)13-3-12-7)14-20(17,18)5-2-1-4(19-5)9(15)16/h1-3,14H,(H,15,16). The van der Waals surface area contributed by atoms with Crippen molar-refractivity contribution in [1.29, 1.82) is 0 Å². The van der Waals surface area contributed by atoms with E-state index in [-0.39, 0.29) is 25.1 Å². The van der Waals surface area contributed by atoms with Gasteiger partial charge in [0.25, 0.3) is 10.0 Å². The van der Waals surface area contributed by atoms with Crippen LogP contribution in [0.15, 0.2) is 22.7 Å². The molecule has 0 saturated carbocycles. The zero-order chi connectivity index (χ0) is 14.9. The van der Waals surface area contributed by atoms with E-state index in [9.17, 15) is 13.2 Å². The van der Waals surface area contributed by atoms with Crippen molar-refractivity contribution in [2.24, 2.45) is 0 Å². The zero-order valence-electron chi connectivity index (χ0n) is 9.37. The number of sulfonamides is 1. The molecule has 2 N–H and O–H groups in total. The maximum Gasteiger partial charge on any atom is 0.345 e. The second-order valence-electron chi connectivity index (χ2n) is 3.36. The number of carboxylic acid groups (broad SMARTS) is 1. The largest absolute Gasteiger partial charge is 0.477 e. The minimum absolute atomic E-state index is 0.105. The van der Waals surface area contributed by atoms with Gasteiger partial charge < -0.3 is 5.11 Å². The van der Waals surface area contributed by atoms with Gasteiger partial charge in [0.1, 0.15) is 21.1 Å². The lowest BCUT2D eigenvalue weighted by Crippen LogP contribution is -2.13. The number of nitrogens with one attached hydrogen (secondary N) is 1. The minimum atomic E-state index is -4.01. The molecule has 0 bridgehead atoms. The van der Waals surface area contributed by atoms with Crippen molar-refractivity contribution in [1.82, 2.24) is 9.97 Å². The summed E-state index contributed by atoms with van der Waals surface area (Å²) in [5, 5.41) is 8.45. The Balaban J connectivity index is 2.38. The highest BCUT2D eigenvalue weighted by molar-refractivity contribution is 7.94. The van der Waals surface area contributed by atoms with Gasteiger partial charge in [-0.15, -0.1) is 11.3 Å². The average Bonchev–Trinajstić information content (AvgIpc) is 2.84. The van der Waals surface area contributed by atoms with E-state index in [2.05, 4.69) is 14.7 Å². The van der Waals surface area contributed by atoms with Crippen molar-refractivity contribution in [3.8, 4) is 0 Å². The fourth-order valence-corrected chi connectivity index (χ4v) is 3.93. The first-order valence-electron chi connectivity index (χ1n) is 4.83. The monoisotopic (exact) mass is 353 g/mol. The van der Waals surface area contributed by atoms with Gasteiger partial charge in [-0.05, 0) is 12.1 Å². The van der Waals surface area contributed by atoms with Crippen LogP contribution in [0.1, 0.15) is 9.67 Å². The molecule has 0 saturated heterocycles. The third kappa shape index (κ3) is 3.01. The number of hydrogen-bond donors (Lipinski definition) is 2. The molecule has 0 aliphatic rings. The number of hydrogen-bond acceptors (Lipinski definition) is 6. The fraction of sp³-hybridized carbons (Fsp3) is 0. The minimum Gasteiger partial charge on any atom is -0.477 e. The molecule has 0 radical (unpaired) electrons. The van der Waals surface area contributed by atoms with Crippen LogP contribution in [0.4, 0.5) is 5.69 Å². The second-order valence-corrected chi connectivity index (χ2v) is 7.07. The van der Waals surface area contributed by atoms with Crippen LogP contribution in [0, 0.1) is 0 Å². The van der Waals surface area contributed by atoms with Crippen LogP contribution in [0.3, 0.4) is 0 Å². The van der Waals surface area contributed by atoms with E-state index in [1.54, 1.807) is 0 Å². The van der Waals surface area contributed by atoms with Crippen LogP contribution in [0.25, 0.3) is 0 Å². The van der Waals surface area contributed by atoms with Gasteiger partial charge in [0.05, 0.1) is 0 Å². The lowest BCUT2D eigenvalue weighted by Gasteiger charge is -2.08. The van der Waals surface area contributed by atoms with E-state index < -0.39 is 16.0 Å². The molecule has 0 aromatic carbocycles. The third-order valence-corrected chi connectivity index (χ3v) is 5.54. The first-order chi connectivity index (χ1) is 9.31. The van der Waals surface area contributed by atoms with E-state index in [1.807, 2.05) is 0 Å². The predicted molar refractivity (Wildman–Crippen MR) is 74.1 cm³/mol. The molecular formula is C9H5Cl2N3O4S2. The topological polar surface area (TPSA) is 109 Å². The maximum atomic E-state index is 12.1. The Morgan fingerprint density at radius 2 is 1.85 bits per heavy atom. The number of anilines is 1. The quantitative estimate of drug-likeness (QED) is 0.816. The van der Waals surface area contributed by atoms with E-state index in [4.69, 9.17) is 28.3 Å². The van der Waals surface area contributed by atoms with Crippen LogP contribution < -0.4 is 4.72 Å². The number of aromatic carboxylic acids is 1. The van der Waals surface area contributed by atoms with Crippen LogP contribution in [0.5, 0.6) is 0 Å². The van der Waals surface area contributed by atoms with Crippen molar-refractivity contribution in [3.05, 3.63) is 33.6 Å². The highest BCUT2D eigenvalue weighted by Crippen LogP contribution is 2.30. The number of carbonyl (C=O) groups is 1. The highest BCUT2D eigenvalue weighted by Gasteiger charge is 2.22. The molecule has 0 aliphatic heterocycles. The van der Waals surface area contributed by atoms with Crippen molar-refractivity contribution < 1.29 is 18.3 Å². The number of thiophene rings is 1. The van der Waals surface area contributed by atoms with Gasteiger partial charge in [0, 0.05) is 0 Å². The highest BCUT2D eigenvalue weighted by atomic mass is 35.5. The summed E-state index contributed by atoms with van der Waals surface area (Å²) in [5.74, 6) is -1.21. The summed E-state index contributed by atoms with van der Waals surface area (Å²) < 4.78 is 26.1. The van der Waals surface area contributed by atoms with Crippen molar-refractivity contribution in [2.45, 2.75) is 4.21 Å². The summed E-state index contributed by atoms with van der Waals surface area (Å²) in [4.78, 5) is 17.8. The Kier molecular flexibility index (Phi) is 4.14. The molecule has 0 atom stereocenters. The van der Waals surface area contributed by atoms with Crippen LogP contribution in [0.2, 0.25) is 10.3 Å². The Morgan fingerprint density at radius 1 is 1.25 bits per heavy atom. The lowest BCUT2D eigenvalue weighted by atomic mass is 10.5. The summed E-state index contributed by atoms with van der Waals surface area (Å²) >= 11 is 12.1. The van der Waals surface area contributed by atoms with Gasteiger partial charge >= 0.3 is 5.97 Å². The number of carboxylic acids is 1. The second kappa shape index (κ2) is 5.52. The summed E-state index contributed by atoms with van der Waals surface area (Å²) in [6.45, 7) is 0. The summed E-state index contributed by atoms with van der Waals surface area (Å²) in [6.07, 6.45) is 1.08. The van der Waals surface area contributed by atoms with Crippen molar-refractivity contribution in [2.75, 3.05) is 4.72 Å². The molecule has 0 unspecified atom stereocenters. The van der Waals surface area contributed by atoms with Gasteiger partial charge in [-0.25, -0.2) is 23.2 Å². The summed E-state index contributed by atoms with van der Waals surface area (Å²) in [5.41, 5.74) is -0.166. The molecular weight excluding hydrogens is 349 g/mol. The van der Waals surface area contributed by atoms with Crippen molar-refractivity contribution in [3.63, 3.8) is 0 Å². The molecule has 2 aromatic rings. The Labute approximate surface area is 127 Å². The van der Waals surface area contributed by atoms with E-state index in [0.29, 0.717) is 11.3 Å². The van der Waals surface area contributed by atoms with Gasteiger partial charge in [0.15, 0.2) is 10.3 Å². The molecule has 20 heavy (non-hydrogen) atoms. The summed E-state index contributed by atoms with van der Waals surface area (Å²) in [7, 11) is -4.01. The Bertz CT molecular complexity index is 755. The number of nitrogens with zero attached hydrogens (tertiary/aromatic N) is 2. The van der Waals surface area contributed by atoms with Crippen LogP contribution in [-0.2, 0) is 10.0 Å². The number of halogens is 2. The molecule has 106 valence electrons. The first kappa shape index (κ1) is 15.0. The number of rotatable bonds is 4. The van der Waals surface area contributed by atoms with E-state index in [0.717, 1.165) is 6.33 Å². The molecule has 2 rings (SSSR count). The molecule has 0 aliphatic carbocycles. The molecule has 7 nitrogen and oxygen atoms in total.